The van der Waals surface area contributed by atoms with Crippen molar-refractivity contribution in [3.63, 3.8) is 0 Å². The molecule has 1 aliphatic rings. The van der Waals surface area contributed by atoms with Crippen molar-refractivity contribution in [2.24, 2.45) is 0 Å². The lowest BCUT2D eigenvalue weighted by atomic mass is 10.1. The van der Waals surface area contributed by atoms with Crippen molar-refractivity contribution < 1.29 is 18.0 Å². The Kier molecular flexibility index (Phi) is 5.85. The van der Waals surface area contributed by atoms with E-state index in [2.05, 4.69) is 17.0 Å². The highest BCUT2D eigenvalue weighted by Crippen LogP contribution is 2.29. The number of benzene rings is 2. The lowest BCUT2D eigenvalue weighted by Gasteiger charge is -2.40. The zero-order chi connectivity index (χ0) is 19.4. The number of piperazine rings is 1. The number of nitrogens with zero attached hydrogens (tertiary/aromatic N) is 2. The van der Waals surface area contributed by atoms with E-state index >= 15 is 0 Å². The maximum atomic E-state index is 12.8. The van der Waals surface area contributed by atoms with E-state index in [4.69, 9.17) is 0 Å². The van der Waals surface area contributed by atoms with Crippen molar-refractivity contribution in [3.05, 3.63) is 71.3 Å². The van der Waals surface area contributed by atoms with E-state index in [0.717, 1.165) is 31.8 Å². The van der Waals surface area contributed by atoms with Crippen molar-refractivity contribution in [1.82, 2.24) is 9.80 Å². The van der Waals surface area contributed by atoms with Crippen LogP contribution in [-0.4, -0.2) is 41.4 Å². The molecule has 3 nitrogen and oxygen atoms in total. The first-order chi connectivity index (χ1) is 12.8. The summed E-state index contributed by atoms with van der Waals surface area (Å²) < 4.78 is 38.5. The zero-order valence-corrected chi connectivity index (χ0v) is 15.2. The van der Waals surface area contributed by atoms with Gasteiger partial charge in [0.15, 0.2) is 0 Å². The minimum Gasteiger partial charge on any atom is -0.337 e. The first-order valence-electron chi connectivity index (χ1n) is 9.05. The fourth-order valence-corrected chi connectivity index (χ4v) is 3.52. The second-order valence-electron chi connectivity index (χ2n) is 7.03. The van der Waals surface area contributed by atoms with Crippen LogP contribution in [0.5, 0.6) is 0 Å². The molecule has 0 aromatic heterocycles. The van der Waals surface area contributed by atoms with Gasteiger partial charge < -0.3 is 4.90 Å². The molecule has 2 aromatic carbocycles. The molecule has 1 saturated heterocycles. The summed E-state index contributed by atoms with van der Waals surface area (Å²) in [5.41, 5.74) is 0.913. The van der Waals surface area contributed by atoms with Crippen molar-refractivity contribution >= 4 is 5.91 Å². The number of hydrogen-bond acceptors (Lipinski definition) is 2. The normalized spacial score (nSPS) is 18.5. The summed E-state index contributed by atoms with van der Waals surface area (Å²) >= 11 is 0. The second-order valence-corrected chi connectivity index (χ2v) is 7.03. The summed E-state index contributed by atoms with van der Waals surface area (Å²) in [7, 11) is 0. The number of alkyl halides is 3. The SMILES string of the molecule is C[C@@H]1CN(Cc2ccccc2)CCN1C(=O)Cc1cccc(C(F)(F)F)c1. The standard InChI is InChI=1S/C21H23F3N2O/c1-16-14-25(15-17-6-3-2-4-7-17)10-11-26(16)20(27)13-18-8-5-9-19(12-18)21(22,23)24/h2-9,12,16H,10-11,13-15H2,1H3/t16-/m1/s1. The van der Waals surface area contributed by atoms with Crippen LogP contribution in [0.15, 0.2) is 54.6 Å². The maximum Gasteiger partial charge on any atom is 0.416 e. The topological polar surface area (TPSA) is 23.6 Å². The highest BCUT2D eigenvalue weighted by atomic mass is 19.4. The van der Waals surface area contributed by atoms with Crippen molar-refractivity contribution in [1.29, 1.82) is 0 Å². The number of amides is 1. The summed E-state index contributed by atoms with van der Waals surface area (Å²) in [5.74, 6) is -0.124. The molecule has 27 heavy (non-hydrogen) atoms. The largest absolute Gasteiger partial charge is 0.416 e. The number of carbonyl (C=O) groups excluding carboxylic acids is 1. The Morgan fingerprint density at radius 1 is 1.04 bits per heavy atom. The van der Waals surface area contributed by atoms with Gasteiger partial charge in [0.1, 0.15) is 0 Å². The summed E-state index contributed by atoms with van der Waals surface area (Å²) in [4.78, 5) is 16.7. The van der Waals surface area contributed by atoms with Gasteiger partial charge in [-0.15, -0.1) is 0 Å². The second kappa shape index (κ2) is 8.13. The molecule has 0 bridgehead atoms. The Morgan fingerprint density at radius 2 is 1.74 bits per heavy atom. The monoisotopic (exact) mass is 376 g/mol. The average molecular weight is 376 g/mol. The minimum absolute atomic E-state index is 0.00700. The van der Waals surface area contributed by atoms with Crippen LogP contribution in [0.1, 0.15) is 23.6 Å². The molecule has 2 aromatic rings. The third kappa shape index (κ3) is 5.10. The van der Waals surface area contributed by atoms with E-state index in [0.29, 0.717) is 12.1 Å². The van der Waals surface area contributed by atoms with Crippen LogP contribution in [0.4, 0.5) is 13.2 Å². The fourth-order valence-electron chi connectivity index (χ4n) is 3.52. The van der Waals surface area contributed by atoms with E-state index in [1.165, 1.54) is 11.6 Å². The predicted octanol–water partition coefficient (Wildman–Crippen LogP) is 3.98. The zero-order valence-electron chi connectivity index (χ0n) is 15.2. The quantitative estimate of drug-likeness (QED) is 0.806. The Labute approximate surface area is 157 Å². The Bertz CT molecular complexity index is 776. The Hall–Kier alpha value is -2.34. The smallest absolute Gasteiger partial charge is 0.337 e. The summed E-state index contributed by atoms with van der Waals surface area (Å²) in [6.07, 6.45) is -4.40. The summed E-state index contributed by atoms with van der Waals surface area (Å²) in [6.45, 7) is 4.92. The summed E-state index contributed by atoms with van der Waals surface area (Å²) in [6, 6.07) is 15.2. The van der Waals surface area contributed by atoms with Crippen LogP contribution in [0.2, 0.25) is 0 Å². The molecule has 1 amide bonds. The highest BCUT2D eigenvalue weighted by molar-refractivity contribution is 5.79. The molecule has 3 rings (SSSR count). The average Bonchev–Trinajstić information content (AvgIpc) is 2.62. The lowest BCUT2D eigenvalue weighted by molar-refractivity contribution is -0.138. The molecule has 0 N–H and O–H groups in total. The highest BCUT2D eigenvalue weighted by Gasteiger charge is 2.31. The van der Waals surface area contributed by atoms with E-state index in [9.17, 15) is 18.0 Å². The molecule has 0 saturated carbocycles. The minimum atomic E-state index is -4.39. The van der Waals surface area contributed by atoms with E-state index < -0.39 is 11.7 Å². The summed E-state index contributed by atoms with van der Waals surface area (Å²) in [5, 5.41) is 0. The third-order valence-corrected chi connectivity index (χ3v) is 4.89. The lowest BCUT2D eigenvalue weighted by Crippen LogP contribution is -2.54. The van der Waals surface area contributed by atoms with Gasteiger partial charge in [0, 0.05) is 32.2 Å². The molecule has 0 radical (unpaired) electrons. The number of carbonyl (C=O) groups is 1. The molecule has 1 atom stereocenters. The van der Waals surface area contributed by atoms with Crippen LogP contribution >= 0.6 is 0 Å². The van der Waals surface area contributed by atoms with Gasteiger partial charge in [0.05, 0.1) is 12.0 Å². The molecule has 6 heteroatoms. The van der Waals surface area contributed by atoms with Crippen LogP contribution < -0.4 is 0 Å². The molecule has 0 unspecified atom stereocenters. The molecular weight excluding hydrogens is 353 g/mol. The van der Waals surface area contributed by atoms with Gasteiger partial charge >= 0.3 is 6.18 Å². The van der Waals surface area contributed by atoms with E-state index in [-0.39, 0.29) is 18.4 Å². The van der Waals surface area contributed by atoms with Crippen LogP contribution in [0.3, 0.4) is 0 Å². The van der Waals surface area contributed by atoms with Gasteiger partial charge in [-0.05, 0) is 24.1 Å². The van der Waals surface area contributed by atoms with Gasteiger partial charge in [-0.2, -0.15) is 13.2 Å². The molecule has 0 aliphatic carbocycles. The Balaban J connectivity index is 1.58. The van der Waals surface area contributed by atoms with Gasteiger partial charge in [-0.25, -0.2) is 0 Å². The number of hydrogen-bond donors (Lipinski definition) is 0. The van der Waals surface area contributed by atoms with Gasteiger partial charge in [-0.3, -0.25) is 9.69 Å². The van der Waals surface area contributed by atoms with Crippen molar-refractivity contribution in [3.8, 4) is 0 Å². The Morgan fingerprint density at radius 3 is 2.41 bits per heavy atom. The molecule has 1 fully saturated rings. The molecular formula is C21H23F3N2O. The van der Waals surface area contributed by atoms with Crippen LogP contribution in [0.25, 0.3) is 0 Å². The van der Waals surface area contributed by atoms with Crippen molar-refractivity contribution in [2.75, 3.05) is 19.6 Å². The fraction of sp³-hybridized carbons (Fsp3) is 0.381. The molecule has 144 valence electrons. The molecule has 1 aliphatic heterocycles. The third-order valence-electron chi connectivity index (χ3n) is 4.89. The van der Waals surface area contributed by atoms with E-state index in [1.807, 2.05) is 25.1 Å². The van der Waals surface area contributed by atoms with Gasteiger partial charge in [0.2, 0.25) is 5.91 Å². The van der Waals surface area contributed by atoms with Gasteiger partial charge in [0.25, 0.3) is 0 Å². The molecule has 1 heterocycles. The molecule has 0 spiro atoms. The first-order valence-corrected chi connectivity index (χ1v) is 9.05. The van der Waals surface area contributed by atoms with Crippen molar-refractivity contribution in [2.45, 2.75) is 32.1 Å². The van der Waals surface area contributed by atoms with Crippen LogP contribution in [0, 0.1) is 0 Å². The first kappa shape index (κ1) is 19.4. The number of halogens is 3. The van der Waals surface area contributed by atoms with E-state index in [1.54, 1.807) is 11.0 Å². The van der Waals surface area contributed by atoms with Gasteiger partial charge in [-0.1, -0.05) is 48.5 Å². The predicted molar refractivity (Wildman–Crippen MR) is 98.0 cm³/mol. The maximum absolute atomic E-state index is 12.8. The van der Waals surface area contributed by atoms with Crippen LogP contribution in [-0.2, 0) is 23.9 Å². The number of rotatable bonds is 4.